The Balaban J connectivity index is 2.20. The predicted octanol–water partition coefficient (Wildman–Crippen LogP) is 1.75. The third-order valence-electron chi connectivity index (χ3n) is 3.22. The maximum atomic E-state index is 11.2. The number of carbonyl (C=O) groups is 1. The molecule has 1 N–H and O–H groups in total. The molecule has 0 amide bonds. The highest BCUT2D eigenvalue weighted by Crippen LogP contribution is 2.26. The Morgan fingerprint density at radius 3 is 3.06 bits per heavy atom. The van der Waals surface area contributed by atoms with Gasteiger partial charge in [-0.05, 0) is 19.8 Å². The molecule has 5 nitrogen and oxygen atoms in total. The van der Waals surface area contributed by atoms with E-state index in [0.29, 0.717) is 6.01 Å². The van der Waals surface area contributed by atoms with Gasteiger partial charge >= 0.3 is 5.97 Å². The summed E-state index contributed by atoms with van der Waals surface area (Å²) in [7, 11) is 0. The number of rotatable bonds is 2. The number of anilines is 1. The lowest BCUT2D eigenvalue weighted by molar-refractivity contribution is -0.142. The fourth-order valence-corrected chi connectivity index (χ4v) is 2.27. The molecule has 5 heteroatoms. The first kappa shape index (κ1) is 11.0. The van der Waals surface area contributed by atoms with Crippen LogP contribution in [-0.4, -0.2) is 28.6 Å². The van der Waals surface area contributed by atoms with Crippen LogP contribution < -0.4 is 4.90 Å². The molecule has 0 aromatic carbocycles. The summed E-state index contributed by atoms with van der Waals surface area (Å²) in [5, 5.41) is 9.17. The van der Waals surface area contributed by atoms with Gasteiger partial charge in [0, 0.05) is 12.6 Å². The molecule has 0 aliphatic carbocycles. The third-order valence-corrected chi connectivity index (χ3v) is 3.22. The zero-order valence-electron chi connectivity index (χ0n) is 9.30. The standard InChI is InChI=1S/C11H16N2O3/c1-8-9(10(14)15)4-2-3-6-13(8)11-12-5-7-16-11/h5,7-9H,2-4,6H2,1H3,(H,14,15)/t8-,9+/m1/s1. The molecule has 1 fully saturated rings. The van der Waals surface area contributed by atoms with Crippen molar-refractivity contribution in [1.82, 2.24) is 4.98 Å². The van der Waals surface area contributed by atoms with E-state index in [1.807, 2.05) is 11.8 Å². The molecule has 0 radical (unpaired) electrons. The maximum Gasteiger partial charge on any atom is 0.308 e. The minimum atomic E-state index is -0.731. The number of carboxylic acids is 1. The number of hydrogen-bond acceptors (Lipinski definition) is 4. The Morgan fingerprint density at radius 2 is 2.44 bits per heavy atom. The van der Waals surface area contributed by atoms with Crippen LogP contribution in [0.5, 0.6) is 0 Å². The van der Waals surface area contributed by atoms with E-state index in [9.17, 15) is 9.90 Å². The second kappa shape index (κ2) is 4.55. The van der Waals surface area contributed by atoms with Crippen molar-refractivity contribution in [2.75, 3.05) is 11.4 Å². The number of oxazole rings is 1. The molecule has 0 spiro atoms. The molecule has 0 saturated carbocycles. The lowest BCUT2D eigenvalue weighted by atomic mass is 9.96. The Hall–Kier alpha value is -1.52. The van der Waals surface area contributed by atoms with E-state index in [1.54, 1.807) is 6.20 Å². The van der Waals surface area contributed by atoms with Crippen molar-refractivity contribution in [3.63, 3.8) is 0 Å². The summed E-state index contributed by atoms with van der Waals surface area (Å²) >= 11 is 0. The Labute approximate surface area is 94.1 Å². The monoisotopic (exact) mass is 224 g/mol. The van der Waals surface area contributed by atoms with Crippen LogP contribution in [0.4, 0.5) is 6.01 Å². The minimum Gasteiger partial charge on any atom is -0.481 e. The van der Waals surface area contributed by atoms with E-state index in [4.69, 9.17) is 4.42 Å². The number of hydrogen-bond donors (Lipinski definition) is 1. The molecule has 1 saturated heterocycles. The number of aliphatic carboxylic acids is 1. The fraction of sp³-hybridized carbons (Fsp3) is 0.636. The van der Waals surface area contributed by atoms with Gasteiger partial charge in [0.25, 0.3) is 6.01 Å². The average molecular weight is 224 g/mol. The van der Waals surface area contributed by atoms with Crippen molar-refractivity contribution in [1.29, 1.82) is 0 Å². The quantitative estimate of drug-likeness (QED) is 0.829. The van der Waals surface area contributed by atoms with Gasteiger partial charge in [-0.1, -0.05) is 6.42 Å². The fourth-order valence-electron chi connectivity index (χ4n) is 2.27. The highest BCUT2D eigenvalue weighted by Gasteiger charge is 2.32. The Kier molecular flexibility index (Phi) is 3.12. The molecular weight excluding hydrogens is 208 g/mol. The summed E-state index contributed by atoms with van der Waals surface area (Å²) in [4.78, 5) is 17.2. The molecule has 88 valence electrons. The third kappa shape index (κ3) is 2.03. The summed E-state index contributed by atoms with van der Waals surface area (Å²) in [5.41, 5.74) is 0. The van der Waals surface area contributed by atoms with Crippen LogP contribution in [0.15, 0.2) is 16.9 Å². The van der Waals surface area contributed by atoms with Gasteiger partial charge in [0.2, 0.25) is 0 Å². The molecule has 2 atom stereocenters. The van der Waals surface area contributed by atoms with Gasteiger partial charge in [-0.15, -0.1) is 0 Å². The van der Waals surface area contributed by atoms with Crippen LogP contribution in [0.25, 0.3) is 0 Å². The molecule has 2 heterocycles. The van der Waals surface area contributed by atoms with E-state index in [0.717, 1.165) is 25.8 Å². The van der Waals surface area contributed by atoms with E-state index in [2.05, 4.69) is 4.98 Å². The highest BCUT2D eigenvalue weighted by atomic mass is 16.4. The Bertz CT molecular complexity index is 350. The summed E-state index contributed by atoms with van der Waals surface area (Å²) in [5.74, 6) is -1.07. The van der Waals surface area contributed by atoms with E-state index in [-0.39, 0.29) is 12.0 Å². The van der Waals surface area contributed by atoms with Gasteiger partial charge in [0.1, 0.15) is 6.26 Å². The zero-order valence-corrected chi connectivity index (χ0v) is 9.30. The van der Waals surface area contributed by atoms with Gasteiger partial charge in [-0.25, -0.2) is 4.98 Å². The number of carboxylic acid groups (broad SMARTS) is 1. The molecule has 1 aromatic rings. The van der Waals surface area contributed by atoms with Crippen LogP contribution >= 0.6 is 0 Å². The van der Waals surface area contributed by atoms with Gasteiger partial charge in [0.05, 0.1) is 12.1 Å². The molecule has 1 aliphatic rings. The van der Waals surface area contributed by atoms with Gasteiger partial charge in [-0.2, -0.15) is 0 Å². The van der Waals surface area contributed by atoms with Crippen molar-refractivity contribution in [2.24, 2.45) is 5.92 Å². The summed E-state index contributed by atoms with van der Waals surface area (Å²) in [6, 6.07) is 0.458. The van der Waals surface area contributed by atoms with Crippen LogP contribution in [-0.2, 0) is 4.79 Å². The number of aromatic nitrogens is 1. The van der Waals surface area contributed by atoms with Crippen LogP contribution in [0.1, 0.15) is 26.2 Å². The molecule has 1 aliphatic heterocycles. The first-order valence-electron chi connectivity index (χ1n) is 5.59. The van der Waals surface area contributed by atoms with Gasteiger partial charge in [-0.3, -0.25) is 4.79 Å². The second-order valence-corrected chi connectivity index (χ2v) is 4.19. The minimum absolute atomic E-state index is 0.0707. The predicted molar refractivity (Wildman–Crippen MR) is 58.3 cm³/mol. The van der Waals surface area contributed by atoms with Gasteiger partial charge in [0.15, 0.2) is 0 Å². The molecule has 16 heavy (non-hydrogen) atoms. The van der Waals surface area contributed by atoms with Gasteiger partial charge < -0.3 is 14.4 Å². The Morgan fingerprint density at radius 1 is 1.62 bits per heavy atom. The van der Waals surface area contributed by atoms with Crippen molar-refractivity contribution in [2.45, 2.75) is 32.2 Å². The van der Waals surface area contributed by atoms with Crippen molar-refractivity contribution in [3.05, 3.63) is 12.5 Å². The maximum absolute atomic E-state index is 11.2. The molecule has 0 unspecified atom stereocenters. The van der Waals surface area contributed by atoms with Crippen molar-refractivity contribution >= 4 is 12.0 Å². The normalized spacial score (nSPS) is 26.4. The SMILES string of the molecule is C[C@@H]1[C@@H](C(=O)O)CCCCN1c1ncco1. The highest BCUT2D eigenvalue weighted by molar-refractivity contribution is 5.71. The summed E-state index contributed by atoms with van der Waals surface area (Å²) in [6.07, 6.45) is 5.76. The van der Waals surface area contributed by atoms with E-state index in [1.165, 1.54) is 6.26 Å². The van der Waals surface area contributed by atoms with Crippen LogP contribution in [0.2, 0.25) is 0 Å². The summed E-state index contributed by atoms with van der Waals surface area (Å²) < 4.78 is 5.25. The van der Waals surface area contributed by atoms with Crippen LogP contribution in [0.3, 0.4) is 0 Å². The molecular formula is C11H16N2O3. The zero-order chi connectivity index (χ0) is 11.5. The first-order chi connectivity index (χ1) is 7.70. The lowest BCUT2D eigenvalue weighted by Crippen LogP contribution is -2.40. The first-order valence-corrected chi connectivity index (χ1v) is 5.59. The molecule has 0 bridgehead atoms. The van der Waals surface area contributed by atoms with E-state index < -0.39 is 5.97 Å². The van der Waals surface area contributed by atoms with Crippen LogP contribution in [0, 0.1) is 5.92 Å². The van der Waals surface area contributed by atoms with E-state index >= 15 is 0 Å². The second-order valence-electron chi connectivity index (χ2n) is 4.19. The molecule has 2 rings (SSSR count). The lowest BCUT2D eigenvalue weighted by Gasteiger charge is -2.28. The summed E-state index contributed by atoms with van der Waals surface area (Å²) in [6.45, 7) is 2.74. The average Bonchev–Trinajstić information content (AvgIpc) is 2.69. The largest absolute Gasteiger partial charge is 0.481 e. The molecule has 1 aromatic heterocycles. The number of nitrogens with zero attached hydrogens (tertiary/aromatic N) is 2. The smallest absolute Gasteiger partial charge is 0.308 e. The topological polar surface area (TPSA) is 66.6 Å². The van der Waals surface area contributed by atoms with Crippen molar-refractivity contribution < 1.29 is 14.3 Å². The van der Waals surface area contributed by atoms with Crippen molar-refractivity contribution in [3.8, 4) is 0 Å².